The summed E-state index contributed by atoms with van der Waals surface area (Å²) in [5.74, 6) is 0.973. The minimum atomic E-state index is 0.212. The lowest BCUT2D eigenvalue weighted by Crippen LogP contribution is -2.37. The molecule has 0 bridgehead atoms. The van der Waals surface area contributed by atoms with Gasteiger partial charge in [-0.3, -0.25) is 9.78 Å². The molecule has 3 rings (SSSR count). The number of nitrogens with one attached hydrogen (secondary N) is 2. The molecule has 6 nitrogen and oxygen atoms in total. The fraction of sp³-hybridized carbons (Fsp3) is 0.350. The molecule has 1 aromatic carbocycles. The van der Waals surface area contributed by atoms with Gasteiger partial charge < -0.3 is 15.5 Å². The second-order valence-electron chi connectivity index (χ2n) is 6.19. The highest BCUT2D eigenvalue weighted by Crippen LogP contribution is 2.21. The number of rotatable bonds is 6. The monoisotopic (exact) mass is 351 g/mol. The van der Waals surface area contributed by atoms with Crippen molar-refractivity contribution in [3.05, 3.63) is 59.9 Å². The van der Waals surface area contributed by atoms with E-state index < -0.39 is 0 Å². The highest BCUT2D eigenvalue weighted by Gasteiger charge is 2.21. The molecule has 2 aromatic rings. The van der Waals surface area contributed by atoms with Crippen molar-refractivity contribution in [2.45, 2.75) is 32.9 Å². The van der Waals surface area contributed by atoms with Crippen molar-refractivity contribution >= 4 is 17.6 Å². The fourth-order valence-electron chi connectivity index (χ4n) is 2.89. The van der Waals surface area contributed by atoms with Gasteiger partial charge in [0.05, 0.1) is 18.8 Å². The summed E-state index contributed by atoms with van der Waals surface area (Å²) in [5.41, 5.74) is 3.05. The first-order valence-electron chi connectivity index (χ1n) is 9.07. The topological polar surface area (TPSA) is 69.6 Å². The summed E-state index contributed by atoms with van der Waals surface area (Å²) >= 11 is 0. The SMILES string of the molecule is CCNC(=NCc1ccc(N2CCCC2=O)cc1)NCc1ccccn1. The Balaban J connectivity index is 1.59. The molecule has 1 fully saturated rings. The van der Waals surface area contributed by atoms with E-state index in [1.54, 1.807) is 6.20 Å². The van der Waals surface area contributed by atoms with Gasteiger partial charge in [-0.05, 0) is 43.2 Å². The van der Waals surface area contributed by atoms with Crippen molar-refractivity contribution in [3.63, 3.8) is 0 Å². The van der Waals surface area contributed by atoms with E-state index in [1.807, 2.05) is 54.3 Å². The van der Waals surface area contributed by atoms with Crippen LogP contribution in [0.25, 0.3) is 0 Å². The predicted octanol–water partition coefficient (Wildman–Crippen LogP) is 2.46. The Labute approximate surface area is 154 Å². The van der Waals surface area contributed by atoms with Gasteiger partial charge in [0, 0.05) is 31.4 Å². The Morgan fingerprint density at radius 2 is 2.04 bits per heavy atom. The van der Waals surface area contributed by atoms with Crippen LogP contribution < -0.4 is 15.5 Å². The molecule has 0 saturated carbocycles. The molecule has 1 aliphatic rings. The molecule has 6 heteroatoms. The summed E-state index contributed by atoms with van der Waals surface area (Å²) in [6.45, 7) is 4.86. The second kappa shape index (κ2) is 8.99. The average Bonchev–Trinajstić information content (AvgIpc) is 3.11. The Morgan fingerprint density at radius 1 is 1.19 bits per heavy atom. The Bertz CT molecular complexity index is 743. The van der Waals surface area contributed by atoms with E-state index in [0.717, 1.165) is 42.4 Å². The molecule has 0 radical (unpaired) electrons. The number of hydrogen-bond donors (Lipinski definition) is 2. The van der Waals surface area contributed by atoms with Crippen LogP contribution >= 0.6 is 0 Å². The smallest absolute Gasteiger partial charge is 0.227 e. The first kappa shape index (κ1) is 17.9. The third kappa shape index (κ3) is 4.81. The molecule has 0 spiro atoms. The number of anilines is 1. The van der Waals surface area contributed by atoms with Crippen molar-refractivity contribution < 1.29 is 4.79 Å². The van der Waals surface area contributed by atoms with E-state index in [-0.39, 0.29) is 5.91 Å². The molecule has 1 amide bonds. The van der Waals surface area contributed by atoms with E-state index in [1.165, 1.54) is 0 Å². The lowest BCUT2D eigenvalue weighted by atomic mass is 10.2. The highest BCUT2D eigenvalue weighted by molar-refractivity contribution is 5.95. The van der Waals surface area contributed by atoms with Crippen molar-refractivity contribution in [1.82, 2.24) is 15.6 Å². The molecular weight excluding hydrogens is 326 g/mol. The normalized spacial score (nSPS) is 14.6. The molecule has 2 heterocycles. The van der Waals surface area contributed by atoms with Crippen molar-refractivity contribution in [1.29, 1.82) is 0 Å². The quantitative estimate of drug-likeness (QED) is 0.620. The van der Waals surface area contributed by atoms with Crippen LogP contribution in [0.15, 0.2) is 53.7 Å². The van der Waals surface area contributed by atoms with Crippen LogP contribution in [0, 0.1) is 0 Å². The molecular formula is C20H25N5O. The molecule has 0 unspecified atom stereocenters. The number of aliphatic imine (C=N–C) groups is 1. The number of nitrogens with zero attached hydrogens (tertiary/aromatic N) is 3. The van der Waals surface area contributed by atoms with Crippen LogP contribution in [-0.2, 0) is 17.9 Å². The van der Waals surface area contributed by atoms with Gasteiger partial charge in [-0.2, -0.15) is 0 Å². The lowest BCUT2D eigenvalue weighted by molar-refractivity contribution is -0.117. The maximum absolute atomic E-state index is 11.8. The summed E-state index contributed by atoms with van der Waals surface area (Å²) in [5, 5.41) is 6.54. The predicted molar refractivity (Wildman–Crippen MR) is 104 cm³/mol. The summed E-state index contributed by atoms with van der Waals surface area (Å²) in [6.07, 6.45) is 3.38. The van der Waals surface area contributed by atoms with E-state index >= 15 is 0 Å². The molecule has 2 N–H and O–H groups in total. The zero-order valence-corrected chi connectivity index (χ0v) is 15.1. The molecule has 0 aliphatic carbocycles. The van der Waals surface area contributed by atoms with E-state index in [9.17, 15) is 4.79 Å². The maximum atomic E-state index is 11.8. The van der Waals surface area contributed by atoms with Crippen LogP contribution in [-0.4, -0.2) is 29.9 Å². The zero-order valence-electron chi connectivity index (χ0n) is 15.1. The maximum Gasteiger partial charge on any atom is 0.227 e. The molecule has 1 saturated heterocycles. The van der Waals surface area contributed by atoms with Crippen molar-refractivity contribution in [3.8, 4) is 0 Å². The average molecular weight is 351 g/mol. The standard InChI is InChI=1S/C20H25N5O/c1-2-21-20(24-15-17-6-3-4-12-22-17)23-14-16-8-10-18(11-9-16)25-13-5-7-19(25)26/h3-4,6,8-12H,2,5,7,13-15H2,1H3,(H2,21,23,24). The second-order valence-corrected chi connectivity index (χ2v) is 6.19. The first-order valence-corrected chi connectivity index (χ1v) is 9.07. The molecule has 0 atom stereocenters. The lowest BCUT2D eigenvalue weighted by Gasteiger charge is -2.16. The van der Waals surface area contributed by atoms with Gasteiger partial charge in [0.2, 0.25) is 5.91 Å². The van der Waals surface area contributed by atoms with Gasteiger partial charge in [-0.15, -0.1) is 0 Å². The molecule has 26 heavy (non-hydrogen) atoms. The van der Waals surface area contributed by atoms with E-state index in [4.69, 9.17) is 0 Å². The van der Waals surface area contributed by atoms with E-state index in [0.29, 0.717) is 19.5 Å². The minimum Gasteiger partial charge on any atom is -0.357 e. The van der Waals surface area contributed by atoms with Crippen LogP contribution in [0.2, 0.25) is 0 Å². The van der Waals surface area contributed by atoms with Crippen molar-refractivity contribution in [2.75, 3.05) is 18.0 Å². The summed E-state index contributed by atoms with van der Waals surface area (Å²) in [6, 6.07) is 13.9. The Hall–Kier alpha value is -2.89. The van der Waals surface area contributed by atoms with Gasteiger partial charge in [0.1, 0.15) is 0 Å². The zero-order chi connectivity index (χ0) is 18.2. The highest BCUT2D eigenvalue weighted by atomic mass is 16.2. The minimum absolute atomic E-state index is 0.212. The van der Waals surface area contributed by atoms with Gasteiger partial charge >= 0.3 is 0 Å². The van der Waals surface area contributed by atoms with Gasteiger partial charge in [-0.25, -0.2) is 4.99 Å². The Morgan fingerprint density at radius 3 is 2.69 bits per heavy atom. The van der Waals surface area contributed by atoms with Crippen molar-refractivity contribution in [2.24, 2.45) is 4.99 Å². The third-order valence-corrected chi connectivity index (χ3v) is 4.25. The number of carbonyl (C=O) groups is 1. The van der Waals surface area contributed by atoms with Crippen LogP contribution in [0.4, 0.5) is 5.69 Å². The molecule has 1 aromatic heterocycles. The largest absolute Gasteiger partial charge is 0.357 e. The molecule has 136 valence electrons. The van der Waals surface area contributed by atoms with E-state index in [2.05, 4.69) is 20.6 Å². The number of aromatic nitrogens is 1. The number of carbonyl (C=O) groups excluding carboxylic acids is 1. The first-order chi connectivity index (χ1) is 12.8. The Kier molecular flexibility index (Phi) is 6.19. The number of benzene rings is 1. The number of guanidine groups is 1. The molecule has 1 aliphatic heterocycles. The van der Waals surface area contributed by atoms with Gasteiger partial charge in [0.25, 0.3) is 0 Å². The number of pyridine rings is 1. The van der Waals surface area contributed by atoms with Crippen LogP contribution in [0.1, 0.15) is 31.0 Å². The van der Waals surface area contributed by atoms with Gasteiger partial charge in [-0.1, -0.05) is 18.2 Å². The summed E-state index contributed by atoms with van der Waals surface area (Å²) < 4.78 is 0. The summed E-state index contributed by atoms with van der Waals surface area (Å²) in [7, 11) is 0. The van der Waals surface area contributed by atoms with Crippen LogP contribution in [0.3, 0.4) is 0 Å². The van der Waals surface area contributed by atoms with Crippen LogP contribution in [0.5, 0.6) is 0 Å². The fourth-order valence-corrected chi connectivity index (χ4v) is 2.89. The third-order valence-electron chi connectivity index (χ3n) is 4.25. The van der Waals surface area contributed by atoms with Gasteiger partial charge in [0.15, 0.2) is 5.96 Å². The number of hydrogen-bond acceptors (Lipinski definition) is 3. The summed E-state index contributed by atoms with van der Waals surface area (Å²) in [4.78, 5) is 22.6. The number of amides is 1.